The van der Waals surface area contributed by atoms with E-state index in [-0.39, 0.29) is 6.10 Å². The van der Waals surface area contributed by atoms with Crippen molar-refractivity contribution in [2.45, 2.75) is 32.3 Å². The first-order chi connectivity index (χ1) is 13.8. The topological polar surface area (TPSA) is 72.7 Å². The molecular formula is C21H31N5O2. The van der Waals surface area contributed by atoms with Gasteiger partial charge in [-0.1, -0.05) is 12.1 Å². The molecule has 2 N–H and O–H groups in total. The van der Waals surface area contributed by atoms with E-state index in [1.807, 2.05) is 16.9 Å². The minimum absolute atomic E-state index is 0.273. The molecule has 2 heterocycles. The van der Waals surface area contributed by atoms with Gasteiger partial charge in [-0.2, -0.15) is 5.10 Å². The van der Waals surface area contributed by atoms with Gasteiger partial charge in [0.25, 0.3) is 0 Å². The highest BCUT2D eigenvalue weighted by molar-refractivity contribution is 5.79. The normalized spacial score (nSPS) is 17.0. The summed E-state index contributed by atoms with van der Waals surface area (Å²) in [5.74, 6) is 0.830. The molecule has 28 heavy (non-hydrogen) atoms. The van der Waals surface area contributed by atoms with Gasteiger partial charge in [0, 0.05) is 32.1 Å². The fourth-order valence-electron chi connectivity index (χ4n) is 3.12. The van der Waals surface area contributed by atoms with Crippen LogP contribution in [0.15, 0.2) is 47.7 Å². The van der Waals surface area contributed by atoms with Gasteiger partial charge >= 0.3 is 0 Å². The van der Waals surface area contributed by atoms with Gasteiger partial charge in [0.15, 0.2) is 5.96 Å². The van der Waals surface area contributed by atoms with E-state index in [1.54, 1.807) is 6.20 Å². The molecule has 1 unspecified atom stereocenters. The monoisotopic (exact) mass is 385 g/mol. The lowest BCUT2D eigenvalue weighted by Crippen LogP contribution is -2.38. The fraction of sp³-hybridized carbons (Fsp3) is 0.524. The Morgan fingerprint density at radius 1 is 1.32 bits per heavy atom. The molecule has 1 aliphatic rings. The van der Waals surface area contributed by atoms with Crippen molar-refractivity contribution >= 4 is 5.96 Å². The lowest BCUT2D eigenvalue weighted by Gasteiger charge is -2.12. The van der Waals surface area contributed by atoms with E-state index in [0.29, 0.717) is 19.8 Å². The summed E-state index contributed by atoms with van der Waals surface area (Å²) in [6.45, 7) is 6.52. The van der Waals surface area contributed by atoms with E-state index in [2.05, 4.69) is 51.9 Å². The van der Waals surface area contributed by atoms with Crippen LogP contribution in [0.5, 0.6) is 0 Å². The van der Waals surface area contributed by atoms with Crippen molar-refractivity contribution in [1.82, 2.24) is 20.4 Å². The third-order valence-electron chi connectivity index (χ3n) is 4.59. The van der Waals surface area contributed by atoms with Crippen LogP contribution < -0.4 is 10.6 Å². The summed E-state index contributed by atoms with van der Waals surface area (Å²) in [6.07, 6.45) is 7.19. The number of nitrogens with zero attached hydrogens (tertiary/aromatic N) is 3. The zero-order valence-electron chi connectivity index (χ0n) is 16.6. The van der Waals surface area contributed by atoms with Crippen molar-refractivity contribution in [3.8, 4) is 5.69 Å². The average molecular weight is 386 g/mol. The quantitative estimate of drug-likeness (QED) is 0.373. The van der Waals surface area contributed by atoms with Crippen LogP contribution in [0.1, 0.15) is 25.3 Å². The van der Waals surface area contributed by atoms with Crippen LogP contribution in [0.4, 0.5) is 0 Å². The fourth-order valence-corrected chi connectivity index (χ4v) is 3.12. The van der Waals surface area contributed by atoms with Crippen LogP contribution in [0.2, 0.25) is 0 Å². The predicted molar refractivity (Wildman–Crippen MR) is 111 cm³/mol. The summed E-state index contributed by atoms with van der Waals surface area (Å²) in [7, 11) is 0. The minimum atomic E-state index is 0.273. The van der Waals surface area contributed by atoms with E-state index < -0.39 is 0 Å². The first kappa shape index (κ1) is 20.4. The van der Waals surface area contributed by atoms with Crippen molar-refractivity contribution in [3.63, 3.8) is 0 Å². The molecule has 1 aliphatic heterocycles. The number of benzene rings is 1. The number of hydrogen-bond donors (Lipinski definition) is 2. The minimum Gasteiger partial charge on any atom is -0.377 e. The van der Waals surface area contributed by atoms with E-state index in [1.165, 1.54) is 5.56 Å². The number of hydrogen-bond acceptors (Lipinski definition) is 4. The Bertz CT molecular complexity index is 694. The summed E-state index contributed by atoms with van der Waals surface area (Å²) < 4.78 is 13.1. The summed E-state index contributed by atoms with van der Waals surface area (Å²) in [6, 6.07) is 10.4. The van der Waals surface area contributed by atoms with Crippen molar-refractivity contribution < 1.29 is 9.47 Å². The van der Waals surface area contributed by atoms with Crippen molar-refractivity contribution in [2.24, 2.45) is 4.99 Å². The van der Waals surface area contributed by atoms with Crippen LogP contribution in [0.3, 0.4) is 0 Å². The van der Waals surface area contributed by atoms with Crippen LogP contribution in [0.25, 0.3) is 5.69 Å². The molecule has 0 amide bonds. The second-order valence-electron chi connectivity index (χ2n) is 6.76. The highest BCUT2D eigenvalue weighted by Gasteiger charge is 2.14. The Labute approximate surface area is 167 Å². The molecule has 0 spiro atoms. The van der Waals surface area contributed by atoms with Gasteiger partial charge in [-0.15, -0.1) is 0 Å². The van der Waals surface area contributed by atoms with E-state index in [0.717, 1.165) is 50.6 Å². The molecule has 1 fully saturated rings. The number of aromatic nitrogens is 2. The highest BCUT2D eigenvalue weighted by Crippen LogP contribution is 2.11. The molecule has 2 aromatic rings. The Morgan fingerprint density at radius 3 is 2.93 bits per heavy atom. The van der Waals surface area contributed by atoms with Gasteiger partial charge in [0.1, 0.15) is 0 Å². The Kier molecular flexibility index (Phi) is 8.33. The molecule has 7 nitrogen and oxygen atoms in total. The number of rotatable bonds is 10. The molecule has 0 aliphatic carbocycles. The van der Waals surface area contributed by atoms with Crippen LogP contribution >= 0.6 is 0 Å². The van der Waals surface area contributed by atoms with Crippen molar-refractivity contribution in [3.05, 3.63) is 48.3 Å². The smallest absolute Gasteiger partial charge is 0.191 e. The summed E-state index contributed by atoms with van der Waals surface area (Å²) >= 11 is 0. The SMILES string of the molecule is CCNC(=NCCOCC1CCCO1)NCCc1ccc(-n2cccn2)cc1. The van der Waals surface area contributed by atoms with Gasteiger partial charge < -0.3 is 20.1 Å². The molecule has 3 rings (SSSR count). The number of ether oxygens (including phenoxy) is 2. The van der Waals surface area contributed by atoms with Gasteiger partial charge in [-0.3, -0.25) is 4.99 Å². The lowest BCUT2D eigenvalue weighted by atomic mass is 10.1. The second-order valence-corrected chi connectivity index (χ2v) is 6.76. The van der Waals surface area contributed by atoms with Gasteiger partial charge in [-0.05, 0) is 49.9 Å². The molecule has 1 aromatic heterocycles. The molecule has 7 heteroatoms. The Hall–Kier alpha value is -2.38. The standard InChI is InChI=1S/C21H31N5O2/c1-2-22-21(24-13-16-27-17-20-5-3-15-28-20)23-12-10-18-6-8-19(9-7-18)26-14-4-11-25-26/h4,6-9,11,14,20H,2-3,5,10,12-13,15-17H2,1H3,(H2,22,23,24). The molecule has 0 bridgehead atoms. The van der Waals surface area contributed by atoms with E-state index in [4.69, 9.17) is 9.47 Å². The second kappa shape index (κ2) is 11.5. The summed E-state index contributed by atoms with van der Waals surface area (Å²) in [5.41, 5.74) is 2.35. The average Bonchev–Trinajstić information content (AvgIpc) is 3.42. The first-order valence-corrected chi connectivity index (χ1v) is 10.2. The number of aliphatic imine (C=N–C) groups is 1. The summed E-state index contributed by atoms with van der Waals surface area (Å²) in [5, 5.41) is 10.9. The first-order valence-electron chi connectivity index (χ1n) is 10.2. The van der Waals surface area contributed by atoms with Crippen molar-refractivity contribution in [2.75, 3.05) is 39.5 Å². The van der Waals surface area contributed by atoms with E-state index in [9.17, 15) is 0 Å². The molecule has 1 saturated heterocycles. The highest BCUT2D eigenvalue weighted by atomic mass is 16.5. The molecule has 0 radical (unpaired) electrons. The number of guanidine groups is 1. The molecular weight excluding hydrogens is 354 g/mol. The number of nitrogens with one attached hydrogen (secondary N) is 2. The largest absolute Gasteiger partial charge is 0.377 e. The van der Waals surface area contributed by atoms with Crippen LogP contribution in [-0.2, 0) is 15.9 Å². The maximum atomic E-state index is 5.67. The molecule has 152 valence electrons. The van der Waals surface area contributed by atoms with E-state index >= 15 is 0 Å². The van der Waals surface area contributed by atoms with Crippen LogP contribution in [0, 0.1) is 0 Å². The Balaban J connectivity index is 1.36. The molecule has 1 atom stereocenters. The van der Waals surface area contributed by atoms with Crippen molar-refractivity contribution in [1.29, 1.82) is 0 Å². The predicted octanol–water partition coefficient (Wildman–Crippen LogP) is 2.17. The zero-order chi connectivity index (χ0) is 19.4. The van der Waals surface area contributed by atoms with Crippen LogP contribution in [-0.4, -0.2) is 61.3 Å². The Morgan fingerprint density at radius 2 is 2.21 bits per heavy atom. The van der Waals surface area contributed by atoms with Gasteiger partial charge in [0.05, 0.1) is 31.5 Å². The maximum Gasteiger partial charge on any atom is 0.191 e. The van der Waals surface area contributed by atoms with Gasteiger partial charge in [0.2, 0.25) is 0 Å². The zero-order valence-corrected chi connectivity index (χ0v) is 16.6. The molecule has 0 saturated carbocycles. The van der Waals surface area contributed by atoms with Gasteiger partial charge in [-0.25, -0.2) is 4.68 Å². The summed E-state index contributed by atoms with van der Waals surface area (Å²) in [4.78, 5) is 4.57. The third kappa shape index (κ3) is 6.65. The lowest BCUT2D eigenvalue weighted by molar-refractivity contribution is 0.0200. The third-order valence-corrected chi connectivity index (χ3v) is 4.59. The maximum absolute atomic E-state index is 5.67. The molecule has 1 aromatic carbocycles.